The first-order valence-electron chi connectivity index (χ1n) is 24.2. The Hall–Kier alpha value is -8.42. The predicted octanol–water partition coefficient (Wildman–Crippen LogP) is 9.90. The number of fused-ring (bicyclic) bond motifs is 2. The van der Waals surface area contributed by atoms with Crippen LogP contribution in [-0.4, -0.2) is 106 Å². The number of hydrogen-bond acceptors (Lipinski definition) is 12. The largest absolute Gasteiger partial charge is 0.495 e. The molecule has 8 rings (SSSR count). The molecule has 0 aliphatic carbocycles. The summed E-state index contributed by atoms with van der Waals surface area (Å²) >= 11 is 12.4. The van der Waals surface area contributed by atoms with Gasteiger partial charge in [0.2, 0.25) is 0 Å². The summed E-state index contributed by atoms with van der Waals surface area (Å²) in [7, 11) is 5.90. The molecular formula is C58H54Cl2N4O14. The molecule has 2 atom stereocenters. The number of nitrogens with one attached hydrogen (secondary N) is 2. The van der Waals surface area contributed by atoms with Crippen molar-refractivity contribution < 1.29 is 57.9 Å². The second kappa shape index (κ2) is 25.2. The van der Waals surface area contributed by atoms with Crippen molar-refractivity contribution in [1.29, 1.82) is 0 Å². The van der Waals surface area contributed by atoms with Crippen molar-refractivity contribution in [1.82, 2.24) is 19.1 Å². The summed E-state index contributed by atoms with van der Waals surface area (Å²) in [6, 6.07) is 24.0. The van der Waals surface area contributed by atoms with Gasteiger partial charge in [0.15, 0.2) is 23.1 Å². The number of aromatic nitrogens is 4. The number of carboxylic acids is 2. The summed E-state index contributed by atoms with van der Waals surface area (Å²) in [6.45, 7) is 3.31. The van der Waals surface area contributed by atoms with Crippen molar-refractivity contribution in [3.63, 3.8) is 0 Å². The summed E-state index contributed by atoms with van der Waals surface area (Å²) in [5, 5.41) is 20.6. The monoisotopic (exact) mass is 1100 g/mol. The Morgan fingerprint density at radius 2 is 0.910 bits per heavy atom. The van der Waals surface area contributed by atoms with Crippen LogP contribution >= 0.6 is 23.2 Å². The Kier molecular flexibility index (Phi) is 18.5. The number of Topliss-reactive ketones (excluding diaryl/α,β-unsaturated/α-hetero) is 4. The lowest BCUT2D eigenvalue weighted by molar-refractivity contribution is -0.123. The highest BCUT2D eigenvalue weighted by Gasteiger charge is 2.27. The van der Waals surface area contributed by atoms with Gasteiger partial charge in [0.1, 0.15) is 22.9 Å². The predicted molar refractivity (Wildman–Crippen MR) is 294 cm³/mol. The average Bonchev–Trinajstić information content (AvgIpc) is 4.09. The number of aromatic amines is 2. The molecule has 0 spiro atoms. The molecule has 0 aliphatic heterocycles. The molecular weight excluding hydrogens is 1050 g/mol. The molecule has 20 heteroatoms. The zero-order valence-corrected chi connectivity index (χ0v) is 44.7. The fourth-order valence-electron chi connectivity index (χ4n) is 9.21. The molecule has 0 bridgehead atoms. The number of rotatable bonds is 22. The van der Waals surface area contributed by atoms with Crippen LogP contribution in [0.3, 0.4) is 0 Å². The van der Waals surface area contributed by atoms with Crippen LogP contribution in [-0.2, 0) is 31.9 Å². The number of nitrogens with zero attached hydrogens (tertiary/aromatic N) is 2. The van der Waals surface area contributed by atoms with Gasteiger partial charge in [-0.15, -0.1) is 0 Å². The summed E-state index contributed by atoms with van der Waals surface area (Å²) in [4.78, 5) is 107. The lowest BCUT2D eigenvalue weighted by Crippen LogP contribution is -2.31. The number of carboxylic acid groups (broad SMARTS) is 2. The fourth-order valence-corrected chi connectivity index (χ4v) is 9.55. The van der Waals surface area contributed by atoms with E-state index in [0.29, 0.717) is 87.9 Å². The Morgan fingerprint density at radius 3 is 1.24 bits per heavy atom. The zero-order valence-electron chi connectivity index (χ0n) is 43.2. The molecule has 0 unspecified atom stereocenters. The maximum absolute atomic E-state index is 13.5. The smallest absolute Gasteiger partial charge is 0.352 e. The summed E-state index contributed by atoms with van der Waals surface area (Å²) in [6.07, 6.45) is 3.44. The van der Waals surface area contributed by atoms with Gasteiger partial charge in [-0.05, 0) is 122 Å². The van der Waals surface area contributed by atoms with E-state index in [0.717, 1.165) is 0 Å². The van der Waals surface area contributed by atoms with Crippen LogP contribution in [0.2, 0.25) is 10.0 Å². The van der Waals surface area contributed by atoms with Gasteiger partial charge in [0.05, 0.1) is 38.7 Å². The SMILES string of the molecule is COCC[C@@H](C(=O)Cc1ccc2[nH]c(C(=O)O)cc2c1)n1cc(OC)c(-c2cc(Cl)ccc2C(C)=O)cc1=O.COCC[C@H](C(=O)Cc1ccc2[nH]c(C(=O)O)cc2c1)n1cc(OC)c(-c2cc(Cl)ccc2C(C)=O)cc1=O. The van der Waals surface area contributed by atoms with Gasteiger partial charge in [-0.3, -0.25) is 28.8 Å². The van der Waals surface area contributed by atoms with Crippen LogP contribution in [0.25, 0.3) is 44.1 Å². The molecule has 0 aliphatic rings. The van der Waals surface area contributed by atoms with Gasteiger partial charge >= 0.3 is 11.9 Å². The highest BCUT2D eigenvalue weighted by atomic mass is 35.5. The average molecular weight is 1100 g/mol. The summed E-state index contributed by atoms with van der Waals surface area (Å²) in [5.41, 5.74) is 4.27. The van der Waals surface area contributed by atoms with E-state index in [4.69, 9.17) is 42.1 Å². The normalized spacial score (nSPS) is 11.9. The first kappa shape index (κ1) is 57.3. The second-order valence-electron chi connectivity index (χ2n) is 18.2. The maximum atomic E-state index is 13.5. The molecule has 4 aromatic carbocycles. The fraction of sp³-hybridized carbons (Fsp3) is 0.241. The number of benzene rings is 4. The molecule has 0 saturated heterocycles. The number of halogens is 2. The Labute approximate surface area is 456 Å². The minimum atomic E-state index is -1.08. The summed E-state index contributed by atoms with van der Waals surface area (Å²) in [5.74, 6) is -2.42. The molecule has 0 amide bonds. The quantitative estimate of drug-likeness (QED) is 0.0461. The van der Waals surface area contributed by atoms with Crippen LogP contribution in [0, 0.1) is 0 Å². The van der Waals surface area contributed by atoms with Gasteiger partial charge in [0.25, 0.3) is 11.1 Å². The maximum Gasteiger partial charge on any atom is 0.352 e. The molecule has 4 aromatic heterocycles. The Balaban J connectivity index is 0.000000226. The van der Waals surface area contributed by atoms with E-state index in [1.165, 1.54) is 88.1 Å². The van der Waals surface area contributed by atoms with E-state index >= 15 is 0 Å². The number of ether oxygens (including phenoxy) is 4. The van der Waals surface area contributed by atoms with Crippen molar-refractivity contribution in [2.75, 3.05) is 41.7 Å². The number of methoxy groups -OCH3 is 4. The Morgan fingerprint density at radius 1 is 0.526 bits per heavy atom. The highest BCUT2D eigenvalue weighted by molar-refractivity contribution is 6.31. The van der Waals surface area contributed by atoms with Crippen molar-refractivity contribution in [3.8, 4) is 33.8 Å². The van der Waals surface area contributed by atoms with Crippen molar-refractivity contribution in [3.05, 3.63) is 174 Å². The van der Waals surface area contributed by atoms with Crippen molar-refractivity contribution >= 4 is 80.1 Å². The van der Waals surface area contributed by atoms with Gasteiger partial charge < -0.3 is 48.3 Å². The number of aromatic carboxylic acids is 2. The third-order valence-corrected chi connectivity index (χ3v) is 13.5. The van der Waals surface area contributed by atoms with Gasteiger partial charge in [-0.1, -0.05) is 35.3 Å². The van der Waals surface area contributed by atoms with Crippen LogP contribution in [0.1, 0.15) is 91.6 Å². The van der Waals surface area contributed by atoms with E-state index in [2.05, 4.69) is 9.97 Å². The molecule has 4 N–H and O–H groups in total. The lowest BCUT2D eigenvalue weighted by atomic mass is 9.96. The van der Waals surface area contributed by atoms with Crippen molar-refractivity contribution in [2.45, 2.75) is 51.6 Å². The van der Waals surface area contributed by atoms with Crippen LogP contribution in [0.4, 0.5) is 0 Å². The second-order valence-corrected chi connectivity index (χ2v) is 19.1. The Bertz CT molecular complexity index is 3520. The van der Waals surface area contributed by atoms with Crippen LogP contribution in [0.15, 0.2) is 119 Å². The molecule has 8 aromatic rings. The number of pyridine rings is 2. The number of carbonyl (C=O) groups is 6. The lowest BCUT2D eigenvalue weighted by Gasteiger charge is -2.21. The molecule has 78 heavy (non-hydrogen) atoms. The number of carbonyl (C=O) groups excluding carboxylic acids is 4. The molecule has 18 nitrogen and oxygen atoms in total. The molecule has 0 radical (unpaired) electrons. The first-order chi connectivity index (χ1) is 37.2. The highest BCUT2D eigenvalue weighted by Crippen LogP contribution is 2.36. The topological polar surface area (TPSA) is 255 Å². The zero-order chi connectivity index (χ0) is 56.5. The van der Waals surface area contributed by atoms with Crippen LogP contribution in [0.5, 0.6) is 11.5 Å². The molecule has 404 valence electrons. The minimum absolute atomic E-state index is 0.0111. The van der Waals surface area contributed by atoms with E-state index in [1.54, 1.807) is 72.8 Å². The van der Waals surface area contributed by atoms with Crippen LogP contribution < -0.4 is 20.6 Å². The number of hydrogen-bond donors (Lipinski definition) is 4. The van der Waals surface area contributed by atoms with Gasteiger partial charge in [-0.2, -0.15) is 0 Å². The number of H-pyrrole nitrogens is 2. The minimum Gasteiger partial charge on any atom is -0.495 e. The third kappa shape index (κ3) is 13.0. The molecule has 0 saturated carbocycles. The van der Waals surface area contributed by atoms with Gasteiger partial charge in [0, 0.05) is 107 Å². The first-order valence-corrected chi connectivity index (χ1v) is 25.0. The van der Waals surface area contributed by atoms with E-state index in [9.17, 15) is 48.6 Å². The third-order valence-electron chi connectivity index (χ3n) is 13.0. The van der Waals surface area contributed by atoms with E-state index in [1.807, 2.05) is 0 Å². The molecule has 0 fully saturated rings. The summed E-state index contributed by atoms with van der Waals surface area (Å²) < 4.78 is 24.2. The van der Waals surface area contributed by atoms with E-state index < -0.39 is 35.1 Å². The van der Waals surface area contributed by atoms with E-state index in [-0.39, 0.29) is 73.4 Å². The van der Waals surface area contributed by atoms with Crippen molar-refractivity contribution in [2.24, 2.45) is 0 Å². The number of ketones is 4. The molecule has 4 heterocycles. The standard InChI is InChI=1S/2C29H27ClN2O7/c2*1-16(33)20-6-5-19(30)13-21(20)22-14-28(35)32(15-27(22)39-3)25(8-9-38-2)26(34)11-17-4-7-23-18(10-17)12-24(31-23)29(36)37/h2*4-7,10,12-15,25,31H,8-9,11H2,1-3H3,(H,36,37)/t2*25-/m10/s1. The van der Waals surface area contributed by atoms with Gasteiger partial charge in [-0.25, -0.2) is 9.59 Å².